The van der Waals surface area contributed by atoms with E-state index < -0.39 is 22.9 Å². The van der Waals surface area contributed by atoms with Crippen LogP contribution in [0.2, 0.25) is 0 Å². The predicted octanol–water partition coefficient (Wildman–Crippen LogP) is 3.36. The number of Topliss-reactive ketones (excluding diaryl/α,β-unsaturated/α-hetero) is 1. The van der Waals surface area contributed by atoms with E-state index in [2.05, 4.69) is 4.98 Å². The number of ether oxygens (including phenoxy) is 1. The SMILES string of the molecule is CC(C)(C)OC(CC([NH])=O)SCC(CC(=O)N1CCCCC1)C(=O)c1cccnc1. The lowest BCUT2D eigenvalue weighted by molar-refractivity contribution is -0.132. The van der Waals surface area contributed by atoms with Gasteiger partial charge in [0.15, 0.2) is 5.78 Å². The fraction of sp³-hybridized carbons (Fsp3) is 0.636. The molecule has 1 saturated heterocycles. The number of thioether (sulfide) groups is 1. The first-order valence-electron chi connectivity index (χ1n) is 10.4. The molecule has 0 bridgehead atoms. The van der Waals surface area contributed by atoms with Gasteiger partial charge in [0.05, 0.1) is 12.0 Å². The minimum atomic E-state index is -0.712. The van der Waals surface area contributed by atoms with Crippen molar-refractivity contribution in [2.24, 2.45) is 5.92 Å². The van der Waals surface area contributed by atoms with Crippen molar-refractivity contribution >= 4 is 29.4 Å². The van der Waals surface area contributed by atoms with Crippen molar-refractivity contribution in [2.45, 2.75) is 63.9 Å². The highest BCUT2D eigenvalue weighted by molar-refractivity contribution is 7.99. The van der Waals surface area contributed by atoms with Gasteiger partial charge < -0.3 is 9.64 Å². The number of hydrogen-bond donors (Lipinski definition) is 0. The lowest BCUT2D eigenvalue weighted by Crippen LogP contribution is -2.38. The maximum Gasteiger partial charge on any atom is 0.241 e. The van der Waals surface area contributed by atoms with Crippen LogP contribution in [0.4, 0.5) is 0 Å². The first kappa shape index (κ1) is 24.3. The summed E-state index contributed by atoms with van der Waals surface area (Å²) in [6, 6.07) is 3.41. The maximum atomic E-state index is 13.1. The molecule has 1 radical (unpaired) electrons. The predicted molar refractivity (Wildman–Crippen MR) is 117 cm³/mol. The Morgan fingerprint density at radius 1 is 1.20 bits per heavy atom. The molecule has 1 aliphatic heterocycles. The number of carbonyl (C=O) groups is 3. The van der Waals surface area contributed by atoms with Crippen LogP contribution in [0.25, 0.3) is 0 Å². The van der Waals surface area contributed by atoms with Crippen molar-refractivity contribution in [3.63, 3.8) is 0 Å². The Morgan fingerprint density at radius 3 is 2.47 bits per heavy atom. The van der Waals surface area contributed by atoms with Crippen molar-refractivity contribution in [3.8, 4) is 0 Å². The Kier molecular flexibility index (Phi) is 9.30. The number of piperidine rings is 1. The fourth-order valence-corrected chi connectivity index (χ4v) is 4.70. The van der Waals surface area contributed by atoms with Gasteiger partial charge in [0.25, 0.3) is 0 Å². The number of pyridine rings is 1. The van der Waals surface area contributed by atoms with E-state index in [9.17, 15) is 14.4 Å². The van der Waals surface area contributed by atoms with Crippen LogP contribution in [0.15, 0.2) is 24.5 Å². The van der Waals surface area contributed by atoms with Gasteiger partial charge in [-0.25, -0.2) is 0 Å². The molecule has 0 aliphatic carbocycles. The van der Waals surface area contributed by atoms with Gasteiger partial charge in [0.2, 0.25) is 11.8 Å². The number of hydrogen-bond acceptors (Lipinski definition) is 6. The maximum absolute atomic E-state index is 13.1. The minimum absolute atomic E-state index is 0.0117. The van der Waals surface area contributed by atoms with E-state index in [1.807, 2.05) is 25.7 Å². The summed E-state index contributed by atoms with van der Waals surface area (Å²) < 4.78 is 5.91. The number of nitrogens with one attached hydrogen (secondary N) is 1. The van der Waals surface area contributed by atoms with Gasteiger partial charge in [-0.05, 0) is 52.2 Å². The van der Waals surface area contributed by atoms with Crippen LogP contribution < -0.4 is 5.73 Å². The van der Waals surface area contributed by atoms with Gasteiger partial charge in [-0.3, -0.25) is 25.1 Å². The van der Waals surface area contributed by atoms with Crippen molar-refractivity contribution in [1.82, 2.24) is 15.6 Å². The van der Waals surface area contributed by atoms with Crippen molar-refractivity contribution in [1.29, 1.82) is 0 Å². The normalized spacial score (nSPS) is 16.7. The molecule has 2 heterocycles. The van der Waals surface area contributed by atoms with Crippen LogP contribution in [0.3, 0.4) is 0 Å². The molecule has 8 heteroatoms. The van der Waals surface area contributed by atoms with E-state index in [-0.39, 0.29) is 24.5 Å². The van der Waals surface area contributed by atoms with E-state index in [4.69, 9.17) is 10.5 Å². The number of rotatable bonds is 10. The third-order valence-electron chi connectivity index (χ3n) is 4.77. The molecule has 0 saturated carbocycles. The van der Waals surface area contributed by atoms with Crippen molar-refractivity contribution in [3.05, 3.63) is 30.1 Å². The first-order valence-corrected chi connectivity index (χ1v) is 11.5. The van der Waals surface area contributed by atoms with Gasteiger partial charge in [-0.15, -0.1) is 11.8 Å². The van der Waals surface area contributed by atoms with Crippen LogP contribution >= 0.6 is 11.8 Å². The molecule has 7 nitrogen and oxygen atoms in total. The van der Waals surface area contributed by atoms with Crippen LogP contribution in [0.1, 0.15) is 63.2 Å². The summed E-state index contributed by atoms with van der Waals surface area (Å²) in [4.78, 5) is 43.2. The van der Waals surface area contributed by atoms with Crippen molar-refractivity contribution < 1.29 is 19.1 Å². The molecule has 1 aliphatic rings. The molecular formula is C22H32N3O4S. The summed E-state index contributed by atoms with van der Waals surface area (Å²) in [6.07, 6.45) is 6.30. The number of carbonyl (C=O) groups excluding carboxylic acids is 3. The molecule has 165 valence electrons. The molecule has 1 N–H and O–H groups in total. The zero-order valence-corrected chi connectivity index (χ0v) is 18.9. The Balaban J connectivity index is 2.11. The molecule has 1 aromatic heterocycles. The number of nitrogens with zero attached hydrogens (tertiary/aromatic N) is 2. The van der Waals surface area contributed by atoms with Gasteiger partial charge in [0, 0.05) is 49.1 Å². The summed E-state index contributed by atoms with van der Waals surface area (Å²) in [5.41, 5.74) is 6.75. The van der Waals surface area contributed by atoms with Gasteiger partial charge >= 0.3 is 0 Å². The highest BCUT2D eigenvalue weighted by Crippen LogP contribution is 2.28. The third-order valence-corrected chi connectivity index (χ3v) is 6.00. The van der Waals surface area contributed by atoms with E-state index in [0.717, 1.165) is 32.4 Å². The van der Waals surface area contributed by atoms with E-state index in [1.165, 1.54) is 18.0 Å². The Bertz CT molecular complexity index is 715. The average Bonchev–Trinajstić information content (AvgIpc) is 2.70. The zero-order valence-electron chi connectivity index (χ0n) is 18.1. The van der Waals surface area contributed by atoms with Crippen LogP contribution in [-0.4, -0.2) is 57.4 Å². The molecule has 2 amide bonds. The second-order valence-corrected chi connectivity index (χ2v) is 9.76. The smallest absolute Gasteiger partial charge is 0.241 e. The summed E-state index contributed by atoms with van der Waals surface area (Å²) in [5.74, 6) is -1.06. The van der Waals surface area contributed by atoms with Gasteiger partial charge in [0.1, 0.15) is 5.44 Å². The largest absolute Gasteiger partial charge is 0.361 e. The number of likely N-dealkylation sites (tertiary alicyclic amines) is 1. The second-order valence-electron chi connectivity index (χ2n) is 8.57. The molecule has 2 rings (SSSR count). The van der Waals surface area contributed by atoms with Gasteiger partial charge in [-0.1, -0.05) is 0 Å². The number of ketones is 1. The number of amides is 2. The lowest BCUT2D eigenvalue weighted by atomic mass is 9.96. The standard InChI is InChI=1S/C22H32N3O4S/c1-22(2,3)29-20(13-18(23)26)30-15-17(21(28)16-8-7-9-24-14-16)12-19(27)25-10-5-4-6-11-25/h7-9,14,17,20,23H,4-6,10-13,15H2,1-3H3. The van der Waals surface area contributed by atoms with E-state index in [0.29, 0.717) is 11.3 Å². The van der Waals surface area contributed by atoms with E-state index in [1.54, 1.807) is 18.3 Å². The van der Waals surface area contributed by atoms with Crippen LogP contribution in [0.5, 0.6) is 0 Å². The molecule has 1 fully saturated rings. The van der Waals surface area contributed by atoms with Crippen LogP contribution in [-0.2, 0) is 14.3 Å². The Hall–Kier alpha value is -1.93. The fourth-order valence-electron chi connectivity index (χ4n) is 3.36. The Labute approximate surface area is 183 Å². The summed E-state index contributed by atoms with van der Waals surface area (Å²) in [6.45, 7) is 7.12. The van der Waals surface area contributed by atoms with E-state index >= 15 is 0 Å². The molecule has 2 atom stereocenters. The molecule has 2 unspecified atom stereocenters. The molecule has 30 heavy (non-hydrogen) atoms. The zero-order chi connectivity index (χ0) is 22.1. The minimum Gasteiger partial charge on any atom is -0.361 e. The highest BCUT2D eigenvalue weighted by atomic mass is 32.2. The van der Waals surface area contributed by atoms with Crippen molar-refractivity contribution in [2.75, 3.05) is 18.8 Å². The molecule has 1 aromatic rings. The molecule has 0 aromatic carbocycles. The summed E-state index contributed by atoms with van der Waals surface area (Å²) in [7, 11) is 0. The topological polar surface area (TPSA) is 100 Å². The van der Waals surface area contributed by atoms with Crippen LogP contribution in [0, 0.1) is 5.92 Å². The summed E-state index contributed by atoms with van der Waals surface area (Å²) in [5, 5.41) is 0. The quantitative estimate of drug-likeness (QED) is 0.413. The molecular weight excluding hydrogens is 402 g/mol. The second kappa shape index (κ2) is 11.5. The Morgan fingerprint density at radius 2 is 1.90 bits per heavy atom. The monoisotopic (exact) mass is 434 g/mol. The van der Waals surface area contributed by atoms with Gasteiger partial charge in [-0.2, -0.15) is 0 Å². The lowest BCUT2D eigenvalue weighted by Gasteiger charge is -2.29. The average molecular weight is 435 g/mol. The molecule has 0 spiro atoms. The number of aromatic nitrogens is 1. The highest BCUT2D eigenvalue weighted by Gasteiger charge is 2.29. The third kappa shape index (κ3) is 8.44. The first-order chi connectivity index (χ1) is 14.2. The summed E-state index contributed by atoms with van der Waals surface area (Å²) >= 11 is 1.32.